The number of nitrogens with zero attached hydrogens (tertiary/aromatic N) is 2. The van der Waals surface area contributed by atoms with E-state index in [1.54, 1.807) is 0 Å². The van der Waals surface area contributed by atoms with Crippen LogP contribution >= 0.6 is 0 Å². The summed E-state index contributed by atoms with van der Waals surface area (Å²) < 4.78 is 134. The average molecular weight is 477 g/mol. The highest BCUT2D eigenvalue weighted by atomic mass is 19.4. The van der Waals surface area contributed by atoms with Crippen LogP contribution in [0.4, 0.5) is 49.6 Å². The molecule has 0 fully saturated rings. The fourth-order valence-electron chi connectivity index (χ4n) is 3.51. The first-order chi connectivity index (χ1) is 14.7. The number of hydrogen-bond donors (Lipinski definition) is 1. The highest BCUT2D eigenvalue weighted by Crippen LogP contribution is 2.39. The van der Waals surface area contributed by atoms with E-state index in [0.29, 0.717) is 23.9 Å². The van der Waals surface area contributed by atoms with Crippen LogP contribution in [-0.2, 0) is 36.5 Å². The molecule has 1 heterocycles. The topological polar surface area (TPSA) is 46.9 Å². The molecule has 176 valence electrons. The highest BCUT2D eigenvalue weighted by molar-refractivity contribution is 5.91. The molecule has 1 aromatic carbocycles. The monoisotopic (exact) mass is 477 g/mol. The first-order valence-electron chi connectivity index (χ1n) is 9.12. The molecule has 4 nitrogen and oxygen atoms in total. The zero-order chi connectivity index (χ0) is 24.0. The van der Waals surface area contributed by atoms with Crippen LogP contribution in [0.2, 0.25) is 0 Å². The lowest BCUT2D eigenvalue weighted by atomic mass is 10.1. The van der Waals surface area contributed by atoms with Crippen molar-refractivity contribution in [2.45, 2.75) is 51.0 Å². The van der Waals surface area contributed by atoms with E-state index in [2.05, 4.69) is 5.10 Å². The van der Waals surface area contributed by atoms with E-state index in [4.69, 9.17) is 0 Å². The summed E-state index contributed by atoms with van der Waals surface area (Å²) in [5.74, 6) is -12.0. The number of halogens is 10. The molecule has 0 aliphatic heterocycles. The van der Waals surface area contributed by atoms with Gasteiger partial charge in [-0.25, -0.2) is 17.6 Å². The van der Waals surface area contributed by atoms with Crippen LogP contribution in [0.1, 0.15) is 41.8 Å². The van der Waals surface area contributed by atoms with Crippen LogP contribution in [0.15, 0.2) is 0 Å². The van der Waals surface area contributed by atoms with Crippen molar-refractivity contribution in [1.82, 2.24) is 9.78 Å². The van der Waals surface area contributed by atoms with E-state index in [9.17, 15) is 48.7 Å². The minimum atomic E-state index is -5.76. The first-order valence-corrected chi connectivity index (χ1v) is 9.12. The Morgan fingerprint density at radius 1 is 0.844 bits per heavy atom. The molecule has 1 aliphatic carbocycles. The standard InChI is InChI=1S/C18H13F10N3O/c19-11-10(17(23,24)25)12(20)14(22)15(13(11)21)29-9(32)6-31-8-5-3-1-2-4-7(8)16(30-31)18(26,27)28/h1-6H2,(H,29,32). The normalized spacial score (nSPS) is 14.8. The Bertz CT molecular complexity index is 1030. The lowest BCUT2D eigenvalue weighted by molar-refractivity contribution is -0.143. The molecule has 32 heavy (non-hydrogen) atoms. The highest BCUT2D eigenvalue weighted by Gasteiger charge is 2.43. The number of carbonyl (C=O) groups excluding carboxylic acids is 1. The van der Waals surface area contributed by atoms with Gasteiger partial charge in [0.2, 0.25) is 5.91 Å². The van der Waals surface area contributed by atoms with E-state index in [-0.39, 0.29) is 24.1 Å². The smallest absolute Gasteiger partial charge is 0.319 e. The number of hydrogen-bond acceptors (Lipinski definition) is 2. The molecule has 0 radical (unpaired) electrons. The van der Waals surface area contributed by atoms with Gasteiger partial charge in [0.25, 0.3) is 0 Å². The van der Waals surface area contributed by atoms with Crippen LogP contribution in [0.5, 0.6) is 0 Å². The second kappa shape index (κ2) is 8.28. The fourth-order valence-corrected chi connectivity index (χ4v) is 3.51. The second-order valence-corrected chi connectivity index (χ2v) is 7.04. The SMILES string of the molecule is O=C(Cn1nc(C(F)(F)F)c2c1CCCCC2)Nc1c(F)c(F)c(C(F)(F)F)c(F)c1F. The third kappa shape index (κ3) is 4.39. The predicted molar refractivity (Wildman–Crippen MR) is 88.4 cm³/mol. The number of rotatable bonds is 3. The number of benzene rings is 1. The van der Waals surface area contributed by atoms with Gasteiger partial charge in [-0.3, -0.25) is 9.48 Å². The van der Waals surface area contributed by atoms with Gasteiger partial charge in [0.1, 0.15) is 17.8 Å². The molecule has 1 aliphatic rings. The molecule has 0 bridgehead atoms. The molecule has 1 N–H and O–H groups in total. The molecular weight excluding hydrogens is 464 g/mol. The summed E-state index contributed by atoms with van der Waals surface area (Å²) in [7, 11) is 0. The van der Waals surface area contributed by atoms with Gasteiger partial charge in [0, 0.05) is 11.3 Å². The molecule has 3 rings (SSSR count). The molecule has 1 aromatic heterocycles. The van der Waals surface area contributed by atoms with E-state index in [0.717, 1.165) is 0 Å². The molecule has 2 aromatic rings. The molecular formula is C18H13F10N3O. The Hall–Kier alpha value is -2.80. The van der Waals surface area contributed by atoms with Crippen molar-refractivity contribution in [2.24, 2.45) is 0 Å². The van der Waals surface area contributed by atoms with Gasteiger partial charge in [-0.2, -0.15) is 31.4 Å². The summed E-state index contributed by atoms with van der Waals surface area (Å²) in [5.41, 5.74) is -5.96. The Labute approximate surface area is 173 Å². The molecule has 0 saturated carbocycles. The average Bonchev–Trinajstić information content (AvgIpc) is 2.84. The van der Waals surface area contributed by atoms with Gasteiger partial charge < -0.3 is 5.32 Å². The first kappa shape index (κ1) is 23.9. The molecule has 0 atom stereocenters. The Morgan fingerprint density at radius 3 is 1.94 bits per heavy atom. The number of anilines is 1. The third-order valence-corrected chi connectivity index (χ3v) is 4.88. The van der Waals surface area contributed by atoms with Crippen LogP contribution in [0.25, 0.3) is 0 Å². The van der Waals surface area contributed by atoms with Crippen molar-refractivity contribution in [3.63, 3.8) is 0 Å². The molecule has 0 spiro atoms. The van der Waals surface area contributed by atoms with Gasteiger partial charge in [-0.1, -0.05) is 6.42 Å². The van der Waals surface area contributed by atoms with Crippen LogP contribution < -0.4 is 5.32 Å². The largest absolute Gasteiger partial charge is 0.435 e. The maximum atomic E-state index is 14.0. The van der Waals surface area contributed by atoms with E-state index in [1.807, 2.05) is 0 Å². The van der Waals surface area contributed by atoms with Gasteiger partial charge in [0.15, 0.2) is 29.0 Å². The predicted octanol–water partition coefficient (Wildman–Crippen LogP) is 5.38. The van der Waals surface area contributed by atoms with E-state index < -0.39 is 65.0 Å². The van der Waals surface area contributed by atoms with Crippen molar-refractivity contribution < 1.29 is 48.7 Å². The molecule has 0 saturated heterocycles. The van der Waals surface area contributed by atoms with Gasteiger partial charge in [-0.15, -0.1) is 0 Å². The van der Waals surface area contributed by atoms with Crippen molar-refractivity contribution in [1.29, 1.82) is 0 Å². The molecule has 1 amide bonds. The summed E-state index contributed by atoms with van der Waals surface area (Å²) >= 11 is 0. The number of alkyl halides is 6. The second-order valence-electron chi connectivity index (χ2n) is 7.04. The number of fused-ring (bicyclic) bond motifs is 1. The lowest BCUT2D eigenvalue weighted by Gasteiger charge is -2.15. The van der Waals surface area contributed by atoms with Crippen LogP contribution in [0.3, 0.4) is 0 Å². The fraction of sp³-hybridized carbons (Fsp3) is 0.444. The van der Waals surface area contributed by atoms with Crippen LogP contribution in [0, 0.1) is 23.3 Å². The molecule has 14 heteroatoms. The summed E-state index contributed by atoms with van der Waals surface area (Å²) in [6.07, 6.45) is -8.92. The third-order valence-electron chi connectivity index (χ3n) is 4.88. The van der Waals surface area contributed by atoms with Gasteiger partial charge >= 0.3 is 12.4 Å². The molecule has 0 unspecified atom stereocenters. The van der Waals surface area contributed by atoms with Gasteiger partial charge in [-0.05, 0) is 25.7 Å². The summed E-state index contributed by atoms with van der Waals surface area (Å²) in [6.45, 7) is -1.03. The minimum Gasteiger partial charge on any atom is -0.319 e. The number of amides is 1. The van der Waals surface area contributed by atoms with Crippen molar-refractivity contribution in [3.8, 4) is 0 Å². The minimum absolute atomic E-state index is 0.0321. The van der Waals surface area contributed by atoms with Crippen LogP contribution in [-0.4, -0.2) is 15.7 Å². The van der Waals surface area contributed by atoms with E-state index >= 15 is 0 Å². The van der Waals surface area contributed by atoms with Crippen molar-refractivity contribution in [2.75, 3.05) is 5.32 Å². The zero-order valence-electron chi connectivity index (χ0n) is 15.8. The summed E-state index contributed by atoms with van der Waals surface area (Å²) in [6, 6.07) is 0. The maximum absolute atomic E-state index is 14.0. The summed E-state index contributed by atoms with van der Waals surface area (Å²) in [4.78, 5) is 12.2. The van der Waals surface area contributed by atoms with Crippen molar-refractivity contribution in [3.05, 3.63) is 45.8 Å². The number of aromatic nitrogens is 2. The number of carbonyl (C=O) groups is 1. The Morgan fingerprint density at radius 2 is 1.41 bits per heavy atom. The quantitative estimate of drug-likeness (QED) is 0.367. The van der Waals surface area contributed by atoms with E-state index in [1.165, 1.54) is 5.32 Å². The Balaban J connectivity index is 1.95. The lowest BCUT2D eigenvalue weighted by Crippen LogP contribution is -2.24. The maximum Gasteiger partial charge on any atom is 0.435 e. The van der Waals surface area contributed by atoms with Crippen molar-refractivity contribution >= 4 is 11.6 Å². The van der Waals surface area contributed by atoms with Gasteiger partial charge in [0.05, 0.1) is 0 Å². The number of nitrogens with one attached hydrogen (secondary N) is 1. The Kier molecular flexibility index (Phi) is 6.17. The summed E-state index contributed by atoms with van der Waals surface area (Å²) in [5, 5.41) is 4.74. The zero-order valence-corrected chi connectivity index (χ0v) is 15.8.